The normalized spacial score (nSPS) is 10.3. The number of hydrogen-bond acceptors (Lipinski definition) is 6. The minimum Gasteiger partial charge on any atom is -0.453 e. The molecule has 3 rings (SSSR count). The fourth-order valence-corrected chi connectivity index (χ4v) is 2.80. The average molecular weight is 426 g/mol. The number of furan rings is 1. The third-order valence-corrected chi connectivity index (χ3v) is 4.45. The second-order valence-corrected chi connectivity index (χ2v) is 6.68. The lowest BCUT2D eigenvalue weighted by molar-refractivity contribution is -0.119. The van der Waals surface area contributed by atoms with Gasteiger partial charge in [0.2, 0.25) is 0 Å². The summed E-state index contributed by atoms with van der Waals surface area (Å²) in [7, 11) is 0. The number of anilines is 1. The van der Waals surface area contributed by atoms with E-state index in [1.165, 1.54) is 25.1 Å². The molecule has 1 amide bonds. The first-order valence-corrected chi connectivity index (χ1v) is 9.18. The number of esters is 1. The van der Waals surface area contributed by atoms with E-state index in [1.54, 1.807) is 36.4 Å². The van der Waals surface area contributed by atoms with Gasteiger partial charge >= 0.3 is 5.97 Å². The van der Waals surface area contributed by atoms with Gasteiger partial charge in [0.05, 0.1) is 10.6 Å². The van der Waals surface area contributed by atoms with Gasteiger partial charge in [0.1, 0.15) is 5.76 Å². The Hall–Kier alpha value is -3.71. The molecule has 0 saturated carbocycles. The van der Waals surface area contributed by atoms with Crippen molar-refractivity contribution in [1.29, 1.82) is 0 Å². The summed E-state index contributed by atoms with van der Waals surface area (Å²) in [6.45, 7) is 0.921. The zero-order valence-corrected chi connectivity index (χ0v) is 16.6. The molecule has 1 heterocycles. The van der Waals surface area contributed by atoms with Crippen LogP contribution in [0.2, 0.25) is 5.02 Å². The number of ketones is 1. The van der Waals surface area contributed by atoms with Crippen LogP contribution in [0, 0.1) is 0 Å². The summed E-state index contributed by atoms with van der Waals surface area (Å²) in [5.74, 6) is -0.886. The molecule has 0 unspecified atom stereocenters. The summed E-state index contributed by atoms with van der Waals surface area (Å²) in [5, 5.41) is 2.71. The van der Waals surface area contributed by atoms with E-state index in [0.29, 0.717) is 28.9 Å². The van der Waals surface area contributed by atoms with Crippen molar-refractivity contribution in [3.05, 3.63) is 76.5 Å². The SMILES string of the molecule is CC(=O)c1ccc(NC(=O)COC(=O)c2cc(-c3ccc(C=O)o3)ccc2Cl)cc1. The Labute approximate surface area is 176 Å². The van der Waals surface area contributed by atoms with Gasteiger partial charge in [-0.25, -0.2) is 4.79 Å². The molecule has 0 bridgehead atoms. The van der Waals surface area contributed by atoms with Crippen molar-refractivity contribution in [3.8, 4) is 11.3 Å². The molecule has 1 N–H and O–H groups in total. The zero-order chi connectivity index (χ0) is 21.7. The van der Waals surface area contributed by atoms with E-state index in [4.69, 9.17) is 20.8 Å². The maximum Gasteiger partial charge on any atom is 0.340 e. The van der Waals surface area contributed by atoms with Gasteiger partial charge < -0.3 is 14.5 Å². The molecule has 8 heteroatoms. The van der Waals surface area contributed by atoms with Crippen LogP contribution >= 0.6 is 11.6 Å². The van der Waals surface area contributed by atoms with Crippen LogP contribution in [0.15, 0.2) is 59.0 Å². The van der Waals surface area contributed by atoms with Gasteiger partial charge in [0.15, 0.2) is 24.4 Å². The van der Waals surface area contributed by atoms with Crippen LogP contribution in [0.25, 0.3) is 11.3 Å². The topological polar surface area (TPSA) is 103 Å². The molecule has 0 aliphatic rings. The van der Waals surface area contributed by atoms with Gasteiger partial charge in [0.25, 0.3) is 5.91 Å². The van der Waals surface area contributed by atoms with Crippen LogP contribution in [-0.4, -0.2) is 30.6 Å². The monoisotopic (exact) mass is 425 g/mol. The highest BCUT2D eigenvalue weighted by Gasteiger charge is 2.16. The second kappa shape index (κ2) is 9.19. The molecule has 7 nitrogen and oxygen atoms in total. The molecule has 152 valence electrons. The predicted octanol–water partition coefficient (Wildman–Crippen LogP) is 4.41. The van der Waals surface area contributed by atoms with Crippen molar-refractivity contribution in [2.75, 3.05) is 11.9 Å². The van der Waals surface area contributed by atoms with Crippen molar-refractivity contribution in [3.63, 3.8) is 0 Å². The van der Waals surface area contributed by atoms with Crippen molar-refractivity contribution < 1.29 is 28.3 Å². The maximum atomic E-state index is 12.4. The van der Waals surface area contributed by atoms with Crippen molar-refractivity contribution >= 4 is 41.2 Å². The standard InChI is InChI=1S/C22H16ClNO6/c1-13(26)14-2-5-16(6-3-14)24-21(27)12-29-22(28)18-10-15(4-8-19(18)23)20-9-7-17(11-25)30-20/h2-11H,12H2,1H3,(H,24,27). The van der Waals surface area contributed by atoms with E-state index in [9.17, 15) is 19.2 Å². The van der Waals surface area contributed by atoms with Crippen LogP contribution in [0.4, 0.5) is 5.69 Å². The number of carbonyl (C=O) groups excluding carboxylic acids is 4. The summed E-state index contributed by atoms with van der Waals surface area (Å²) in [4.78, 5) is 46.5. The number of carbonyl (C=O) groups is 4. The number of hydrogen-bond donors (Lipinski definition) is 1. The van der Waals surface area contributed by atoms with Gasteiger partial charge in [-0.1, -0.05) is 11.6 Å². The number of amides is 1. The first-order chi connectivity index (χ1) is 14.4. The van der Waals surface area contributed by atoms with E-state index in [2.05, 4.69) is 5.32 Å². The number of rotatable bonds is 7. The number of Topliss-reactive ketones (excluding diaryl/α,β-unsaturated/α-hetero) is 1. The van der Waals surface area contributed by atoms with Gasteiger partial charge in [-0.3, -0.25) is 14.4 Å². The Bertz CT molecular complexity index is 1120. The molecule has 30 heavy (non-hydrogen) atoms. The summed E-state index contributed by atoms with van der Waals surface area (Å²) >= 11 is 6.08. The fraction of sp³-hybridized carbons (Fsp3) is 0.0909. The Morgan fingerprint density at radius 1 is 1.07 bits per heavy atom. The highest BCUT2D eigenvalue weighted by atomic mass is 35.5. The summed E-state index contributed by atoms with van der Waals surface area (Å²) in [5.41, 5.74) is 1.56. The Kier molecular flexibility index (Phi) is 6.44. The quantitative estimate of drug-likeness (QED) is 0.341. The molecule has 0 saturated heterocycles. The molecule has 0 atom stereocenters. The molecule has 0 aliphatic carbocycles. The Balaban J connectivity index is 1.63. The zero-order valence-electron chi connectivity index (χ0n) is 15.8. The first kappa shape index (κ1) is 21.0. The molecule has 0 radical (unpaired) electrons. The summed E-state index contributed by atoms with van der Waals surface area (Å²) in [6.07, 6.45) is 0.570. The van der Waals surface area contributed by atoms with Gasteiger partial charge in [0, 0.05) is 16.8 Å². The molecule has 0 aliphatic heterocycles. The number of aldehydes is 1. The van der Waals surface area contributed by atoms with Crippen molar-refractivity contribution in [2.24, 2.45) is 0 Å². The fourth-order valence-electron chi connectivity index (χ4n) is 2.60. The molecule has 3 aromatic rings. The predicted molar refractivity (Wildman–Crippen MR) is 110 cm³/mol. The van der Waals surface area contributed by atoms with Crippen molar-refractivity contribution in [1.82, 2.24) is 0 Å². The van der Waals surface area contributed by atoms with Gasteiger partial charge in [-0.05, 0) is 61.5 Å². The molecule has 0 spiro atoms. The number of benzene rings is 2. The third kappa shape index (κ3) is 5.01. The molecule has 2 aromatic carbocycles. The maximum absolute atomic E-state index is 12.4. The number of nitrogens with one attached hydrogen (secondary N) is 1. The van der Waals surface area contributed by atoms with E-state index >= 15 is 0 Å². The molecule has 1 aromatic heterocycles. The third-order valence-electron chi connectivity index (χ3n) is 4.12. The lowest BCUT2D eigenvalue weighted by Crippen LogP contribution is -2.21. The second-order valence-electron chi connectivity index (χ2n) is 6.27. The largest absolute Gasteiger partial charge is 0.453 e. The summed E-state index contributed by atoms with van der Waals surface area (Å²) < 4.78 is 10.4. The van der Waals surface area contributed by atoms with Gasteiger partial charge in [-0.15, -0.1) is 0 Å². The molecular weight excluding hydrogens is 410 g/mol. The lowest BCUT2D eigenvalue weighted by Gasteiger charge is -2.09. The smallest absolute Gasteiger partial charge is 0.340 e. The van der Waals surface area contributed by atoms with Crippen LogP contribution in [0.5, 0.6) is 0 Å². The number of halogens is 1. The van der Waals surface area contributed by atoms with E-state index in [1.807, 2.05) is 0 Å². The minimum atomic E-state index is -0.786. The van der Waals surface area contributed by atoms with Crippen LogP contribution < -0.4 is 5.32 Å². The Morgan fingerprint density at radius 2 is 1.80 bits per heavy atom. The average Bonchev–Trinajstić information content (AvgIpc) is 3.22. The van der Waals surface area contributed by atoms with Crippen LogP contribution in [0.3, 0.4) is 0 Å². The van der Waals surface area contributed by atoms with Crippen molar-refractivity contribution in [2.45, 2.75) is 6.92 Å². The number of ether oxygens (including phenoxy) is 1. The van der Waals surface area contributed by atoms with Gasteiger partial charge in [-0.2, -0.15) is 0 Å². The Morgan fingerprint density at radius 3 is 2.43 bits per heavy atom. The van der Waals surface area contributed by atoms with Crippen LogP contribution in [0.1, 0.15) is 38.2 Å². The molecule has 0 fully saturated rings. The highest BCUT2D eigenvalue weighted by Crippen LogP contribution is 2.27. The van der Waals surface area contributed by atoms with E-state index in [0.717, 1.165) is 0 Å². The van der Waals surface area contributed by atoms with E-state index < -0.39 is 18.5 Å². The first-order valence-electron chi connectivity index (χ1n) is 8.80. The lowest BCUT2D eigenvalue weighted by atomic mass is 10.1. The van der Waals surface area contributed by atoms with E-state index in [-0.39, 0.29) is 22.1 Å². The van der Waals surface area contributed by atoms with Crippen LogP contribution in [-0.2, 0) is 9.53 Å². The summed E-state index contributed by atoms with van der Waals surface area (Å²) in [6, 6.07) is 14.0. The molecular formula is C22H16ClNO6. The minimum absolute atomic E-state index is 0.0526. The highest BCUT2D eigenvalue weighted by molar-refractivity contribution is 6.33.